The number of thioether (sulfide) groups is 1. The number of amides is 1. The number of thiophene rings is 1. The number of rotatable bonds is 6. The number of carbonyl (C=O) groups is 1. The van der Waals surface area contributed by atoms with E-state index in [1.54, 1.807) is 22.1 Å². The molecule has 8 nitrogen and oxygen atoms in total. The molecule has 0 unspecified atom stereocenters. The van der Waals surface area contributed by atoms with E-state index in [-0.39, 0.29) is 18.0 Å². The van der Waals surface area contributed by atoms with Gasteiger partial charge in [-0.1, -0.05) is 36.4 Å². The van der Waals surface area contributed by atoms with Crippen LogP contribution in [0.25, 0.3) is 22.3 Å². The lowest BCUT2D eigenvalue weighted by Gasteiger charge is -2.20. The first-order valence-corrected chi connectivity index (χ1v) is 13.1. The van der Waals surface area contributed by atoms with E-state index in [4.69, 9.17) is 15.2 Å². The van der Waals surface area contributed by atoms with Crippen LogP contribution < -0.4 is 4.74 Å². The van der Waals surface area contributed by atoms with Crippen LogP contribution in [0.2, 0.25) is 0 Å². The second-order valence-corrected chi connectivity index (χ2v) is 10.3. The lowest BCUT2D eigenvalue weighted by Crippen LogP contribution is -2.35. The summed E-state index contributed by atoms with van der Waals surface area (Å²) in [5.41, 5.74) is 3.60. The minimum atomic E-state index is -0.482. The summed E-state index contributed by atoms with van der Waals surface area (Å²) in [6, 6.07) is 21.4. The van der Waals surface area contributed by atoms with Crippen LogP contribution in [0.4, 0.5) is 0 Å². The molecule has 10 heteroatoms. The third kappa shape index (κ3) is 4.64. The van der Waals surface area contributed by atoms with Gasteiger partial charge in [-0.25, -0.2) is 4.68 Å². The van der Waals surface area contributed by atoms with E-state index in [9.17, 15) is 4.79 Å². The van der Waals surface area contributed by atoms with Crippen LogP contribution in [0, 0.1) is 12.3 Å². The van der Waals surface area contributed by atoms with Crippen LogP contribution in [0.3, 0.4) is 0 Å². The monoisotopic (exact) mass is 524 g/mol. The summed E-state index contributed by atoms with van der Waals surface area (Å²) in [4.78, 5) is 18.2. The summed E-state index contributed by atoms with van der Waals surface area (Å²) in [7, 11) is 0. The molecule has 37 heavy (non-hydrogen) atoms. The van der Waals surface area contributed by atoms with Gasteiger partial charge in [0.25, 0.3) is 5.91 Å². The second-order valence-electron chi connectivity index (χ2n) is 8.31. The van der Waals surface area contributed by atoms with E-state index in [0.717, 1.165) is 33.1 Å². The molecule has 6 rings (SSSR count). The highest BCUT2D eigenvalue weighted by atomic mass is 32.2. The van der Waals surface area contributed by atoms with Crippen LogP contribution >= 0.6 is 23.1 Å². The fourth-order valence-corrected chi connectivity index (χ4v) is 5.44. The molecule has 1 amide bonds. The number of nitrogens with one attached hydrogen (secondary N) is 1. The normalized spacial score (nSPS) is 16.1. The zero-order valence-electron chi connectivity index (χ0n) is 19.7. The van der Waals surface area contributed by atoms with Gasteiger partial charge in [0, 0.05) is 11.8 Å². The summed E-state index contributed by atoms with van der Waals surface area (Å²) in [5.74, 6) is 0.223. The van der Waals surface area contributed by atoms with Crippen LogP contribution in [0.5, 0.6) is 5.75 Å². The van der Waals surface area contributed by atoms with Gasteiger partial charge in [0.05, 0.1) is 16.1 Å². The number of nitrogens with zero attached hydrogens (tertiary/aromatic N) is 5. The minimum absolute atomic E-state index is 0.0300. The Balaban J connectivity index is 1.30. The SMILES string of the molecule is Cc1cccc(OCC2=NN3C(=N)/C(=C/c4cn(-c5ccccc5)nc4-c4cccs4)C(=O)N=C3S2)c1. The van der Waals surface area contributed by atoms with Crippen LogP contribution in [-0.2, 0) is 4.79 Å². The maximum atomic E-state index is 13.0. The van der Waals surface area contributed by atoms with Crippen molar-refractivity contribution in [3.8, 4) is 22.0 Å². The Morgan fingerprint density at radius 3 is 2.73 bits per heavy atom. The first kappa shape index (κ1) is 23.1. The largest absolute Gasteiger partial charge is 0.487 e. The number of amidine groups is 2. The third-order valence-electron chi connectivity index (χ3n) is 5.67. The molecule has 0 bridgehead atoms. The molecule has 182 valence electrons. The standard InChI is InChI=1S/C27H20N6O2S2/c1-17-7-5-10-20(13-17)35-16-23-30-33-25(28)21(26(34)29-27(33)37-23)14-18-15-32(19-8-3-2-4-9-19)31-24(18)22-11-6-12-36-22/h2-15,28H,16H2,1H3/b21-14-,28-25?. The van der Waals surface area contributed by atoms with E-state index >= 15 is 0 Å². The van der Waals surface area contributed by atoms with Gasteiger partial charge in [-0.3, -0.25) is 10.2 Å². The maximum Gasteiger partial charge on any atom is 0.283 e. The highest BCUT2D eigenvalue weighted by molar-refractivity contribution is 8.27. The minimum Gasteiger partial charge on any atom is -0.487 e. The molecule has 2 aliphatic heterocycles. The molecule has 0 fully saturated rings. The van der Waals surface area contributed by atoms with Gasteiger partial charge in [0.15, 0.2) is 5.84 Å². The average Bonchev–Trinajstić information content (AvgIpc) is 3.66. The van der Waals surface area contributed by atoms with Crippen molar-refractivity contribution in [2.75, 3.05) is 6.61 Å². The second kappa shape index (κ2) is 9.64. The number of ether oxygens (including phenoxy) is 1. The average molecular weight is 525 g/mol. The first-order valence-electron chi connectivity index (χ1n) is 11.4. The number of aromatic nitrogens is 2. The molecule has 2 aromatic carbocycles. The number of para-hydroxylation sites is 1. The summed E-state index contributed by atoms with van der Waals surface area (Å²) in [6.07, 6.45) is 3.54. The molecule has 0 radical (unpaired) electrons. The lowest BCUT2D eigenvalue weighted by molar-refractivity contribution is -0.114. The molecular weight excluding hydrogens is 504 g/mol. The number of carbonyl (C=O) groups excluding carboxylic acids is 1. The smallest absolute Gasteiger partial charge is 0.283 e. The molecule has 2 aromatic heterocycles. The van der Waals surface area contributed by atoms with E-state index in [1.807, 2.05) is 85.2 Å². The van der Waals surface area contributed by atoms with E-state index < -0.39 is 5.91 Å². The number of benzene rings is 2. The van der Waals surface area contributed by atoms with Crippen molar-refractivity contribution < 1.29 is 9.53 Å². The van der Waals surface area contributed by atoms with Gasteiger partial charge in [-0.05, 0) is 66.0 Å². The van der Waals surface area contributed by atoms with Crippen molar-refractivity contribution in [2.24, 2.45) is 10.1 Å². The van der Waals surface area contributed by atoms with Gasteiger partial charge in [0.1, 0.15) is 23.1 Å². The molecular formula is C27H20N6O2S2. The predicted octanol–water partition coefficient (Wildman–Crippen LogP) is 5.61. The predicted molar refractivity (Wildman–Crippen MR) is 149 cm³/mol. The Labute approximate surface area is 221 Å². The van der Waals surface area contributed by atoms with Gasteiger partial charge in [-0.15, -0.1) is 11.3 Å². The number of hydrogen-bond donors (Lipinski definition) is 1. The van der Waals surface area contributed by atoms with Crippen molar-refractivity contribution in [3.63, 3.8) is 0 Å². The summed E-state index contributed by atoms with van der Waals surface area (Å²) >= 11 is 2.80. The zero-order chi connectivity index (χ0) is 25.4. The quantitative estimate of drug-likeness (QED) is 0.331. The topological polar surface area (TPSA) is 95.9 Å². The molecule has 1 N–H and O–H groups in total. The van der Waals surface area contributed by atoms with Crippen molar-refractivity contribution in [2.45, 2.75) is 6.92 Å². The first-order chi connectivity index (χ1) is 18.0. The Morgan fingerprint density at radius 2 is 1.95 bits per heavy atom. The molecule has 4 heterocycles. The van der Waals surface area contributed by atoms with E-state index in [0.29, 0.717) is 10.2 Å². The molecule has 0 aliphatic carbocycles. The zero-order valence-corrected chi connectivity index (χ0v) is 21.3. The van der Waals surface area contributed by atoms with E-state index in [1.165, 1.54) is 16.8 Å². The number of fused-ring (bicyclic) bond motifs is 1. The van der Waals surface area contributed by atoms with Crippen molar-refractivity contribution in [1.29, 1.82) is 5.41 Å². The number of aliphatic imine (C=N–C) groups is 1. The van der Waals surface area contributed by atoms with Crippen molar-refractivity contribution in [3.05, 3.63) is 95.0 Å². The lowest BCUT2D eigenvalue weighted by atomic mass is 10.1. The van der Waals surface area contributed by atoms with Crippen LogP contribution in [0.15, 0.2) is 94.0 Å². The van der Waals surface area contributed by atoms with Crippen LogP contribution in [-0.4, -0.2) is 43.4 Å². The van der Waals surface area contributed by atoms with Crippen molar-refractivity contribution >= 4 is 51.1 Å². The highest BCUT2D eigenvalue weighted by Crippen LogP contribution is 2.32. The molecule has 2 aliphatic rings. The highest BCUT2D eigenvalue weighted by Gasteiger charge is 2.36. The summed E-state index contributed by atoms with van der Waals surface area (Å²) in [6.45, 7) is 2.22. The Morgan fingerprint density at radius 1 is 1.08 bits per heavy atom. The Hall–Kier alpha value is -4.28. The van der Waals surface area contributed by atoms with Crippen LogP contribution in [0.1, 0.15) is 11.1 Å². The Kier molecular flexibility index (Phi) is 6.03. The summed E-state index contributed by atoms with van der Waals surface area (Å²) < 4.78 is 7.63. The molecule has 0 spiro atoms. The van der Waals surface area contributed by atoms with Crippen molar-refractivity contribution in [1.82, 2.24) is 14.8 Å². The maximum absolute atomic E-state index is 13.0. The van der Waals surface area contributed by atoms with E-state index in [2.05, 4.69) is 10.1 Å². The van der Waals surface area contributed by atoms with Gasteiger partial charge in [0.2, 0.25) is 5.17 Å². The Bertz CT molecular complexity index is 1600. The van der Waals surface area contributed by atoms with Gasteiger partial charge in [-0.2, -0.15) is 20.2 Å². The molecule has 0 atom stereocenters. The fraction of sp³-hybridized carbons (Fsp3) is 0.0741. The van der Waals surface area contributed by atoms with Gasteiger partial charge >= 0.3 is 0 Å². The number of hydrogen-bond acceptors (Lipinski definition) is 7. The molecule has 0 saturated carbocycles. The molecule has 4 aromatic rings. The summed E-state index contributed by atoms with van der Waals surface area (Å²) in [5, 5.41) is 22.4. The number of aryl methyl sites for hydroxylation is 1. The fourth-order valence-electron chi connectivity index (χ4n) is 3.91. The number of hydrazone groups is 1. The molecule has 0 saturated heterocycles. The third-order valence-corrected chi connectivity index (χ3v) is 7.42. The van der Waals surface area contributed by atoms with Gasteiger partial charge < -0.3 is 4.74 Å².